The van der Waals surface area contributed by atoms with E-state index in [9.17, 15) is 9.18 Å². The summed E-state index contributed by atoms with van der Waals surface area (Å²) in [5.74, 6) is -0.338. The maximum Gasteiger partial charge on any atom is 0.323 e. The average molecular weight is 286 g/mol. The van der Waals surface area contributed by atoms with Gasteiger partial charge in [-0.1, -0.05) is 23.8 Å². The number of aryl methyl sites for hydroxylation is 3. The van der Waals surface area contributed by atoms with E-state index in [0.717, 1.165) is 22.4 Å². The van der Waals surface area contributed by atoms with E-state index in [4.69, 9.17) is 0 Å². The summed E-state index contributed by atoms with van der Waals surface area (Å²) in [7, 11) is 0. The Bertz CT molecular complexity index is 672. The van der Waals surface area contributed by atoms with Crippen molar-refractivity contribution in [3.8, 4) is 0 Å². The number of carbonyl (C=O) groups is 1. The molecule has 2 amide bonds. The molecule has 3 nitrogen and oxygen atoms in total. The van der Waals surface area contributed by atoms with E-state index in [-0.39, 0.29) is 11.8 Å². The summed E-state index contributed by atoms with van der Waals surface area (Å²) >= 11 is 0. The lowest BCUT2D eigenvalue weighted by molar-refractivity contribution is 0.262. The molecular weight excluding hydrogens is 267 g/mol. The third-order valence-corrected chi connectivity index (χ3v) is 3.43. The zero-order valence-corrected chi connectivity index (χ0v) is 12.7. The van der Waals surface area contributed by atoms with Crippen LogP contribution < -0.4 is 10.6 Å². The highest BCUT2D eigenvalue weighted by atomic mass is 19.1. The molecular formula is C17H19FN2O. The molecule has 0 fully saturated rings. The Morgan fingerprint density at radius 3 is 2.24 bits per heavy atom. The summed E-state index contributed by atoms with van der Waals surface area (Å²) in [5, 5.41) is 5.51. The lowest BCUT2D eigenvalue weighted by Crippen LogP contribution is -2.21. The van der Waals surface area contributed by atoms with Crippen LogP contribution in [0.1, 0.15) is 22.3 Å². The Morgan fingerprint density at radius 1 is 1.00 bits per heavy atom. The van der Waals surface area contributed by atoms with Crippen LogP contribution in [0.4, 0.5) is 20.6 Å². The minimum Gasteiger partial charge on any atom is -0.307 e. The third kappa shape index (κ3) is 3.40. The number of carbonyl (C=O) groups excluding carboxylic acids is 1. The first kappa shape index (κ1) is 15.0. The SMILES string of the molecule is Cc1cc(C)c(NC(=O)Nc2cccc(F)c2C)c(C)c1. The first-order valence-electron chi connectivity index (χ1n) is 6.79. The van der Waals surface area contributed by atoms with Crippen molar-refractivity contribution in [3.63, 3.8) is 0 Å². The molecule has 4 heteroatoms. The van der Waals surface area contributed by atoms with Crippen LogP contribution in [0.2, 0.25) is 0 Å². The normalized spacial score (nSPS) is 10.3. The van der Waals surface area contributed by atoms with E-state index in [1.807, 2.05) is 32.9 Å². The number of rotatable bonds is 2. The number of hydrogen-bond acceptors (Lipinski definition) is 1. The van der Waals surface area contributed by atoms with Crippen LogP contribution in [0, 0.1) is 33.5 Å². The molecule has 0 aliphatic heterocycles. The lowest BCUT2D eigenvalue weighted by atomic mass is 10.1. The Kier molecular flexibility index (Phi) is 4.26. The smallest absolute Gasteiger partial charge is 0.307 e. The van der Waals surface area contributed by atoms with Crippen molar-refractivity contribution in [2.45, 2.75) is 27.7 Å². The van der Waals surface area contributed by atoms with Crippen LogP contribution in [-0.2, 0) is 0 Å². The van der Waals surface area contributed by atoms with E-state index in [2.05, 4.69) is 10.6 Å². The second-order valence-corrected chi connectivity index (χ2v) is 5.27. The van der Waals surface area contributed by atoms with Gasteiger partial charge in [0.2, 0.25) is 0 Å². The Hall–Kier alpha value is -2.36. The predicted molar refractivity (Wildman–Crippen MR) is 84.4 cm³/mol. The zero-order chi connectivity index (χ0) is 15.6. The van der Waals surface area contributed by atoms with E-state index < -0.39 is 0 Å². The molecule has 0 spiro atoms. The Morgan fingerprint density at radius 2 is 1.62 bits per heavy atom. The fraction of sp³-hybridized carbons (Fsp3) is 0.235. The number of halogens is 1. The van der Waals surface area contributed by atoms with Crippen LogP contribution in [0.25, 0.3) is 0 Å². The quantitative estimate of drug-likeness (QED) is 0.825. The fourth-order valence-electron chi connectivity index (χ4n) is 2.39. The summed E-state index contributed by atoms with van der Waals surface area (Å²) in [6.07, 6.45) is 0. The monoisotopic (exact) mass is 286 g/mol. The average Bonchev–Trinajstić information content (AvgIpc) is 2.39. The van der Waals surface area contributed by atoms with Crippen molar-refractivity contribution in [1.82, 2.24) is 0 Å². The number of benzene rings is 2. The molecule has 0 atom stereocenters. The van der Waals surface area contributed by atoms with Crippen molar-refractivity contribution in [1.29, 1.82) is 0 Å². The first-order chi connectivity index (χ1) is 9.88. The number of nitrogens with one attached hydrogen (secondary N) is 2. The standard InChI is InChI=1S/C17H19FN2O/c1-10-8-11(2)16(12(3)9-10)20-17(21)19-15-7-5-6-14(18)13(15)4/h5-9H,1-4H3,(H2,19,20,21). The summed E-state index contributed by atoms with van der Waals surface area (Å²) in [6, 6.07) is 8.25. The largest absolute Gasteiger partial charge is 0.323 e. The maximum absolute atomic E-state index is 13.5. The molecule has 0 radical (unpaired) electrons. The molecule has 0 aliphatic rings. The molecule has 0 aliphatic carbocycles. The number of amides is 2. The molecule has 0 bridgehead atoms. The summed E-state index contributed by atoms with van der Waals surface area (Å²) < 4.78 is 13.5. The minimum atomic E-state index is -0.376. The maximum atomic E-state index is 13.5. The van der Waals surface area contributed by atoms with Gasteiger partial charge in [0, 0.05) is 16.9 Å². The Labute approximate surface area is 124 Å². The van der Waals surface area contributed by atoms with Crippen molar-refractivity contribution in [2.24, 2.45) is 0 Å². The second kappa shape index (κ2) is 5.95. The second-order valence-electron chi connectivity index (χ2n) is 5.27. The van der Waals surface area contributed by atoms with Crippen LogP contribution in [0.15, 0.2) is 30.3 Å². The molecule has 2 aromatic carbocycles. The highest BCUT2D eigenvalue weighted by Crippen LogP contribution is 2.23. The molecule has 110 valence electrons. The lowest BCUT2D eigenvalue weighted by Gasteiger charge is -2.14. The van der Waals surface area contributed by atoms with Crippen LogP contribution in [0.3, 0.4) is 0 Å². The van der Waals surface area contributed by atoms with E-state index in [1.165, 1.54) is 6.07 Å². The van der Waals surface area contributed by atoms with Gasteiger partial charge in [0.05, 0.1) is 0 Å². The molecule has 0 heterocycles. The number of hydrogen-bond donors (Lipinski definition) is 2. The topological polar surface area (TPSA) is 41.1 Å². The van der Waals surface area contributed by atoms with Crippen molar-refractivity contribution >= 4 is 17.4 Å². The van der Waals surface area contributed by atoms with Gasteiger partial charge in [0.15, 0.2) is 0 Å². The minimum absolute atomic E-state index is 0.338. The molecule has 0 unspecified atom stereocenters. The highest BCUT2D eigenvalue weighted by molar-refractivity contribution is 6.01. The van der Waals surface area contributed by atoms with Crippen molar-refractivity contribution in [2.75, 3.05) is 10.6 Å². The van der Waals surface area contributed by atoms with Gasteiger partial charge in [0.1, 0.15) is 5.82 Å². The molecule has 0 saturated heterocycles. The fourth-order valence-corrected chi connectivity index (χ4v) is 2.39. The van der Waals surface area contributed by atoms with Gasteiger partial charge in [0.25, 0.3) is 0 Å². The van der Waals surface area contributed by atoms with Gasteiger partial charge in [-0.05, 0) is 51.0 Å². The first-order valence-corrected chi connectivity index (χ1v) is 6.79. The molecule has 21 heavy (non-hydrogen) atoms. The highest BCUT2D eigenvalue weighted by Gasteiger charge is 2.10. The third-order valence-electron chi connectivity index (χ3n) is 3.43. The van der Waals surface area contributed by atoms with Gasteiger partial charge in [-0.3, -0.25) is 0 Å². The van der Waals surface area contributed by atoms with Crippen LogP contribution in [0.5, 0.6) is 0 Å². The molecule has 2 aromatic rings. The van der Waals surface area contributed by atoms with E-state index in [0.29, 0.717) is 11.3 Å². The van der Waals surface area contributed by atoms with Gasteiger partial charge in [-0.2, -0.15) is 0 Å². The van der Waals surface area contributed by atoms with Crippen LogP contribution >= 0.6 is 0 Å². The van der Waals surface area contributed by atoms with Gasteiger partial charge in [-0.15, -0.1) is 0 Å². The Balaban J connectivity index is 2.18. The van der Waals surface area contributed by atoms with E-state index in [1.54, 1.807) is 19.1 Å². The zero-order valence-electron chi connectivity index (χ0n) is 12.7. The van der Waals surface area contributed by atoms with E-state index >= 15 is 0 Å². The molecule has 2 N–H and O–H groups in total. The predicted octanol–water partition coefficient (Wildman–Crippen LogP) is 4.70. The van der Waals surface area contributed by atoms with Gasteiger partial charge < -0.3 is 10.6 Å². The number of urea groups is 1. The molecule has 0 aromatic heterocycles. The number of anilines is 2. The van der Waals surface area contributed by atoms with Crippen LogP contribution in [-0.4, -0.2) is 6.03 Å². The van der Waals surface area contributed by atoms with Crippen molar-refractivity contribution < 1.29 is 9.18 Å². The molecule has 0 saturated carbocycles. The van der Waals surface area contributed by atoms with Crippen molar-refractivity contribution in [3.05, 3.63) is 58.4 Å². The summed E-state index contributed by atoms with van der Waals surface area (Å²) in [4.78, 5) is 12.1. The van der Waals surface area contributed by atoms with Gasteiger partial charge in [-0.25, -0.2) is 9.18 Å². The summed E-state index contributed by atoms with van der Waals surface area (Å²) in [6.45, 7) is 7.54. The van der Waals surface area contributed by atoms with Gasteiger partial charge >= 0.3 is 6.03 Å². The molecule has 2 rings (SSSR count). The summed E-state index contributed by atoms with van der Waals surface area (Å²) in [5.41, 5.74) is 4.82.